The molecule has 7 nitrogen and oxygen atoms in total. The molecule has 0 unspecified atom stereocenters. The summed E-state index contributed by atoms with van der Waals surface area (Å²) in [6.07, 6.45) is 9.85. The molecule has 1 N–H and O–H groups in total. The Labute approximate surface area is 163 Å². The van der Waals surface area contributed by atoms with E-state index >= 15 is 0 Å². The molecule has 1 aliphatic rings. The van der Waals surface area contributed by atoms with Gasteiger partial charge in [0.15, 0.2) is 29.0 Å². The third-order valence-corrected chi connectivity index (χ3v) is 4.93. The third-order valence-electron chi connectivity index (χ3n) is 4.93. The summed E-state index contributed by atoms with van der Waals surface area (Å²) in [6.45, 7) is 0. The first kappa shape index (κ1) is 17.4. The first-order valence-corrected chi connectivity index (χ1v) is 8.92. The molecule has 5 rings (SSSR count). The SMILES string of the molecule is Oc1cnn(-c2cc([C@@H]3C[C@H]3c3cnc(-c4ncccn4)nc3)cc(F)c2F)c1. The van der Waals surface area contributed by atoms with E-state index in [1.54, 1.807) is 36.9 Å². The Balaban J connectivity index is 1.41. The third kappa shape index (κ3) is 3.20. The molecule has 2 atom stereocenters. The van der Waals surface area contributed by atoms with E-state index in [1.165, 1.54) is 18.5 Å². The Kier molecular flexibility index (Phi) is 4.01. The van der Waals surface area contributed by atoms with Gasteiger partial charge in [-0.3, -0.25) is 0 Å². The minimum Gasteiger partial charge on any atom is -0.505 e. The predicted octanol–water partition coefficient (Wildman–Crippen LogP) is 3.37. The molecule has 0 bridgehead atoms. The van der Waals surface area contributed by atoms with E-state index in [2.05, 4.69) is 25.0 Å². The molecule has 3 heterocycles. The van der Waals surface area contributed by atoms with Crippen LogP contribution < -0.4 is 0 Å². The predicted molar refractivity (Wildman–Crippen MR) is 98.3 cm³/mol. The lowest BCUT2D eigenvalue weighted by Gasteiger charge is -2.08. The highest BCUT2D eigenvalue weighted by molar-refractivity contribution is 5.45. The van der Waals surface area contributed by atoms with Gasteiger partial charge in [-0.25, -0.2) is 33.4 Å². The van der Waals surface area contributed by atoms with Crippen LogP contribution in [0.3, 0.4) is 0 Å². The number of rotatable bonds is 4. The van der Waals surface area contributed by atoms with E-state index < -0.39 is 11.6 Å². The van der Waals surface area contributed by atoms with Crippen molar-refractivity contribution in [3.63, 3.8) is 0 Å². The van der Waals surface area contributed by atoms with Gasteiger partial charge in [-0.15, -0.1) is 0 Å². The molecule has 1 fully saturated rings. The highest BCUT2D eigenvalue weighted by Gasteiger charge is 2.41. The molecule has 29 heavy (non-hydrogen) atoms. The monoisotopic (exact) mass is 392 g/mol. The molecule has 1 aliphatic carbocycles. The molecule has 4 aromatic rings. The summed E-state index contributed by atoms with van der Waals surface area (Å²) in [7, 11) is 0. The summed E-state index contributed by atoms with van der Waals surface area (Å²) >= 11 is 0. The zero-order valence-electron chi connectivity index (χ0n) is 14.9. The molecule has 0 radical (unpaired) electrons. The second-order valence-corrected chi connectivity index (χ2v) is 6.84. The molecule has 0 amide bonds. The zero-order chi connectivity index (χ0) is 20.0. The van der Waals surface area contributed by atoms with Crippen LogP contribution in [0.2, 0.25) is 0 Å². The van der Waals surface area contributed by atoms with Gasteiger partial charge < -0.3 is 5.11 Å². The fourth-order valence-corrected chi connectivity index (χ4v) is 3.41. The van der Waals surface area contributed by atoms with Gasteiger partial charge in [0.1, 0.15) is 5.69 Å². The lowest BCUT2D eigenvalue weighted by Crippen LogP contribution is -2.02. The summed E-state index contributed by atoms with van der Waals surface area (Å²) < 4.78 is 29.5. The molecule has 144 valence electrons. The normalized spacial score (nSPS) is 18.0. The van der Waals surface area contributed by atoms with Crippen LogP contribution in [0.1, 0.15) is 29.4 Å². The maximum absolute atomic E-state index is 14.2. The van der Waals surface area contributed by atoms with E-state index in [0.29, 0.717) is 17.2 Å². The number of aromatic nitrogens is 6. The Morgan fingerprint density at radius 2 is 1.59 bits per heavy atom. The van der Waals surface area contributed by atoms with Gasteiger partial charge in [0, 0.05) is 24.8 Å². The second kappa shape index (κ2) is 6.69. The van der Waals surface area contributed by atoms with E-state index in [1.807, 2.05) is 0 Å². The lowest BCUT2D eigenvalue weighted by atomic mass is 10.1. The molecule has 0 spiro atoms. The second-order valence-electron chi connectivity index (χ2n) is 6.84. The summed E-state index contributed by atoms with van der Waals surface area (Å²) in [5, 5.41) is 13.3. The highest BCUT2D eigenvalue weighted by Crippen LogP contribution is 2.54. The van der Waals surface area contributed by atoms with E-state index in [-0.39, 0.29) is 23.3 Å². The average Bonchev–Trinajstić information content (AvgIpc) is 3.44. The molecule has 0 saturated heterocycles. The summed E-state index contributed by atoms with van der Waals surface area (Å²) in [4.78, 5) is 16.9. The summed E-state index contributed by atoms with van der Waals surface area (Å²) in [5.41, 5.74) is 1.53. The van der Waals surface area contributed by atoms with Gasteiger partial charge in [0.25, 0.3) is 0 Å². The summed E-state index contributed by atoms with van der Waals surface area (Å²) in [5.74, 6) is -1.08. The first-order chi connectivity index (χ1) is 14.1. The zero-order valence-corrected chi connectivity index (χ0v) is 14.9. The lowest BCUT2D eigenvalue weighted by molar-refractivity contribution is 0.474. The highest BCUT2D eigenvalue weighted by atomic mass is 19.2. The van der Waals surface area contributed by atoms with Gasteiger partial charge in [-0.05, 0) is 47.6 Å². The summed E-state index contributed by atoms with van der Waals surface area (Å²) in [6, 6.07) is 4.48. The van der Waals surface area contributed by atoms with Crippen molar-refractivity contribution in [2.45, 2.75) is 18.3 Å². The van der Waals surface area contributed by atoms with Crippen LogP contribution in [0.25, 0.3) is 17.3 Å². The fraction of sp³-hybridized carbons (Fsp3) is 0.150. The van der Waals surface area contributed by atoms with Crippen LogP contribution in [0.4, 0.5) is 8.78 Å². The van der Waals surface area contributed by atoms with Crippen molar-refractivity contribution in [3.8, 4) is 23.1 Å². The van der Waals surface area contributed by atoms with Crippen LogP contribution >= 0.6 is 0 Å². The van der Waals surface area contributed by atoms with Crippen molar-refractivity contribution in [1.29, 1.82) is 0 Å². The van der Waals surface area contributed by atoms with E-state index in [4.69, 9.17) is 0 Å². The maximum atomic E-state index is 14.2. The van der Waals surface area contributed by atoms with Crippen molar-refractivity contribution in [3.05, 3.63) is 78.1 Å². The Morgan fingerprint density at radius 1 is 0.897 bits per heavy atom. The van der Waals surface area contributed by atoms with Gasteiger partial charge in [0.2, 0.25) is 0 Å². The van der Waals surface area contributed by atoms with Crippen molar-refractivity contribution in [2.75, 3.05) is 0 Å². The van der Waals surface area contributed by atoms with Crippen molar-refractivity contribution < 1.29 is 13.9 Å². The number of hydrogen-bond acceptors (Lipinski definition) is 6. The molecule has 0 aliphatic heterocycles. The van der Waals surface area contributed by atoms with Crippen molar-refractivity contribution >= 4 is 0 Å². The number of halogens is 2. The Bertz CT molecular complexity index is 1180. The number of benzene rings is 1. The van der Waals surface area contributed by atoms with Crippen LogP contribution in [0.15, 0.2) is 55.4 Å². The minimum atomic E-state index is -1.01. The first-order valence-electron chi connectivity index (χ1n) is 8.92. The van der Waals surface area contributed by atoms with E-state index in [9.17, 15) is 13.9 Å². The van der Waals surface area contributed by atoms with Crippen LogP contribution in [-0.2, 0) is 0 Å². The number of nitrogens with zero attached hydrogens (tertiary/aromatic N) is 6. The molecule has 1 saturated carbocycles. The smallest absolute Gasteiger partial charge is 0.197 e. The average molecular weight is 392 g/mol. The Hall–Kier alpha value is -3.75. The van der Waals surface area contributed by atoms with Gasteiger partial charge in [-0.1, -0.05) is 0 Å². The van der Waals surface area contributed by atoms with Crippen molar-refractivity contribution in [1.82, 2.24) is 29.7 Å². The molecule has 1 aromatic carbocycles. The van der Waals surface area contributed by atoms with Gasteiger partial charge in [0.05, 0.1) is 12.4 Å². The Morgan fingerprint density at radius 3 is 2.28 bits per heavy atom. The standard InChI is InChI=1S/C20H14F2N6O/c21-16-4-11(5-17(18(16)22)28-10-13(29)9-27-28)14-6-15(14)12-7-25-20(26-8-12)19-23-2-1-3-24-19/h1-5,7-10,14-15,29H,6H2/t14-,15-/m0/s1. The minimum absolute atomic E-state index is 0.0236. The van der Waals surface area contributed by atoms with E-state index in [0.717, 1.165) is 16.7 Å². The van der Waals surface area contributed by atoms with Gasteiger partial charge >= 0.3 is 0 Å². The number of hydrogen-bond donors (Lipinski definition) is 1. The number of aromatic hydroxyl groups is 1. The maximum Gasteiger partial charge on any atom is 0.197 e. The molecule has 9 heteroatoms. The molecular weight excluding hydrogens is 378 g/mol. The quantitative estimate of drug-likeness (QED) is 0.573. The molecular formula is C20H14F2N6O. The van der Waals surface area contributed by atoms with Gasteiger partial charge in [-0.2, -0.15) is 5.10 Å². The largest absolute Gasteiger partial charge is 0.505 e. The fourth-order valence-electron chi connectivity index (χ4n) is 3.41. The van der Waals surface area contributed by atoms with Crippen LogP contribution in [0.5, 0.6) is 5.75 Å². The van der Waals surface area contributed by atoms with Crippen LogP contribution in [0, 0.1) is 11.6 Å². The van der Waals surface area contributed by atoms with Crippen molar-refractivity contribution in [2.24, 2.45) is 0 Å². The molecule has 3 aromatic heterocycles. The topological polar surface area (TPSA) is 89.6 Å². The van der Waals surface area contributed by atoms with Crippen LogP contribution in [-0.4, -0.2) is 34.8 Å².